The lowest BCUT2D eigenvalue weighted by Gasteiger charge is -2.09. The van der Waals surface area contributed by atoms with Crippen molar-refractivity contribution >= 4 is 29.3 Å². The number of nitrogens with zero attached hydrogens (tertiary/aromatic N) is 4. The van der Waals surface area contributed by atoms with Gasteiger partial charge in [0.05, 0.1) is 18.0 Å². The Morgan fingerprint density at radius 1 is 1.13 bits per heavy atom. The molecule has 0 radical (unpaired) electrons. The van der Waals surface area contributed by atoms with Gasteiger partial charge in [0.2, 0.25) is 11.1 Å². The van der Waals surface area contributed by atoms with Crippen molar-refractivity contribution in [2.75, 3.05) is 5.75 Å². The van der Waals surface area contributed by atoms with Crippen LogP contribution in [-0.2, 0) is 11.3 Å². The number of rotatable bonds is 7. The first-order valence-electron chi connectivity index (χ1n) is 9.60. The Hall–Kier alpha value is -3.10. The number of furan rings is 1. The molecular weight excluding hydrogens is 434 g/mol. The average Bonchev–Trinajstić information content (AvgIpc) is 3.43. The molecule has 2 heterocycles. The van der Waals surface area contributed by atoms with E-state index in [1.165, 1.54) is 11.8 Å². The summed E-state index contributed by atoms with van der Waals surface area (Å²) in [5, 5.41) is 16.0. The smallest absolute Gasteiger partial charge is 0.230 e. The van der Waals surface area contributed by atoms with Gasteiger partial charge in [-0.1, -0.05) is 35.5 Å². The third-order valence-electron chi connectivity index (χ3n) is 4.83. The topological polar surface area (TPSA) is 85.8 Å². The molecule has 0 fully saturated rings. The quantitative estimate of drug-likeness (QED) is 0.411. The Kier molecular flexibility index (Phi) is 6.39. The highest BCUT2D eigenvalue weighted by Crippen LogP contribution is 2.24. The molecule has 0 saturated heterocycles. The summed E-state index contributed by atoms with van der Waals surface area (Å²) in [7, 11) is 0. The highest BCUT2D eigenvalue weighted by Gasteiger charge is 2.14. The number of thioether (sulfide) groups is 1. The molecule has 0 unspecified atom stereocenters. The minimum absolute atomic E-state index is 0.134. The molecule has 0 atom stereocenters. The van der Waals surface area contributed by atoms with Crippen LogP contribution in [0.5, 0.6) is 0 Å². The van der Waals surface area contributed by atoms with E-state index >= 15 is 0 Å². The van der Waals surface area contributed by atoms with Gasteiger partial charge >= 0.3 is 0 Å². The normalized spacial score (nSPS) is 10.9. The number of aromatic nitrogens is 4. The number of carbonyl (C=O) groups excluding carboxylic acids is 1. The lowest BCUT2D eigenvalue weighted by molar-refractivity contribution is -0.118. The molecule has 158 valence electrons. The Labute approximate surface area is 188 Å². The molecule has 4 aromatic rings. The Morgan fingerprint density at radius 2 is 1.94 bits per heavy atom. The van der Waals surface area contributed by atoms with Crippen LogP contribution < -0.4 is 5.32 Å². The standard InChI is InChI=1S/C22H20ClN5O2S/c1-14-4-3-5-19(15(14)2)28-22(25-26-27-28)31-13-21(29)24-12-18-10-11-20(30-18)16-6-8-17(23)9-7-16/h3-11H,12-13H2,1-2H3,(H,24,29). The first-order chi connectivity index (χ1) is 15.0. The Bertz CT molecular complexity index is 1200. The van der Waals surface area contributed by atoms with Crippen LogP contribution in [0.15, 0.2) is 64.2 Å². The third-order valence-corrected chi connectivity index (χ3v) is 6.00. The van der Waals surface area contributed by atoms with Gasteiger partial charge < -0.3 is 9.73 Å². The summed E-state index contributed by atoms with van der Waals surface area (Å²) in [5.41, 5.74) is 4.07. The van der Waals surface area contributed by atoms with E-state index in [1.807, 2.05) is 68.4 Å². The third kappa shape index (κ3) is 4.98. The summed E-state index contributed by atoms with van der Waals surface area (Å²) in [5.74, 6) is 1.45. The number of hydrogen-bond donors (Lipinski definition) is 1. The molecular formula is C22H20ClN5O2S. The molecule has 9 heteroatoms. The summed E-state index contributed by atoms with van der Waals surface area (Å²) in [4.78, 5) is 12.3. The van der Waals surface area contributed by atoms with Crippen molar-refractivity contribution in [3.8, 4) is 17.0 Å². The van der Waals surface area contributed by atoms with Crippen LogP contribution in [0.25, 0.3) is 17.0 Å². The van der Waals surface area contributed by atoms with Gasteiger partial charge in [0.1, 0.15) is 11.5 Å². The molecule has 2 aromatic heterocycles. The zero-order valence-corrected chi connectivity index (χ0v) is 18.6. The SMILES string of the molecule is Cc1cccc(-n2nnnc2SCC(=O)NCc2ccc(-c3ccc(Cl)cc3)o2)c1C. The second-order valence-corrected chi connectivity index (χ2v) is 8.31. The van der Waals surface area contributed by atoms with Crippen molar-refractivity contribution in [2.24, 2.45) is 0 Å². The van der Waals surface area contributed by atoms with Crippen LogP contribution in [0.1, 0.15) is 16.9 Å². The summed E-state index contributed by atoms with van der Waals surface area (Å²) >= 11 is 7.20. The van der Waals surface area contributed by atoms with E-state index in [2.05, 4.69) is 20.8 Å². The summed E-state index contributed by atoms with van der Waals surface area (Å²) < 4.78 is 7.47. The number of carbonyl (C=O) groups is 1. The van der Waals surface area contributed by atoms with Crippen molar-refractivity contribution < 1.29 is 9.21 Å². The van der Waals surface area contributed by atoms with Gasteiger partial charge in [-0.15, -0.1) is 5.10 Å². The molecule has 0 aliphatic heterocycles. The largest absolute Gasteiger partial charge is 0.459 e. The number of hydrogen-bond acceptors (Lipinski definition) is 6. The minimum Gasteiger partial charge on any atom is -0.459 e. The number of nitrogens with one attached hydrogen (secondary N) is 1. The zero-order chi connectivity index (χ0) is 21.8. The summed E-state index contributed by atoms with van der Waals surface area (Å²) in [6, 6.07) is 17.1. The molecule has 0 bridgehead atoms. The van der Waals surface area contributed by atoms with Gasteiger partial charge in [-0.05, 0) is 77.9 Å². The molecule has 0 saturated carbocycles. The van der Waals surface area contributed by atoms with Crippen molar-refractivity contribution in [2.45, 2.75) is 25.5 Å². The zero-order valence-electron chi connectivity index (χ0n) is 17.0. The predicted octanol–water partition coefficient (Wildman–Crippen LogP) is 4.60. The maximum Gasteiger partial charge on any atom is 0.230 e. The molecule has 31 heavy (non-hydrogen) atoms. The van der Waals surface area contributed by atoms with Crippen molar-refractivity contribution in [3.05, 3.63) is 76.5 Å². The van der Waals surface area contributed by atoms with Crippen molar-refractivity contribution in [1.82, 2.24) is 25.5 Å². The first kappa shape index (κ1) is 21.1. The number of tetrazole rings is 1. The maximum atomic E-state index is 12.3. The van der Waals surface area contributed by atoms with E-state index in [0.29, 0.717) is 22.5 Å². The van der Waals surface area contributed by atoms with E-state index in [0.717, 1.165) is 28.1 Å². The number of halogens is 1. The monoisotopic (exact) mass is 453 g/mol. The van der Waals surface area contributed by atoms with Gasteiger partial charge in [-0.3, -0.25) is 4.79 Å². The fraction of sp³-hybridized carbons (Fsp3) is 0.182. The first-order valence-corrected chi connectivity index (χ1v) is 11.0. The van der Waals surface area contributed by atoms with Crippen molar-refractivity contribution in [1.29, 1.82) is 0 Å². The molecule has 4 rings (SSSR count). The molecule has 0 aliphatic rings. The van der Waals surface area contributed by atoms with Gasteiger partial charge in [-0.2, -0.15) is 4.68 Å². The van der Waals surface area contributed by atoms with Crippen LogP contribution in [0.2, 0.25) is 5.02 Å². The van der Waals surface area contributed by atoms with Crippen LogP contribution in [0.4, 0.5) is 0 Å². The Morgan fingerprint density at radius 3 is 2.74 bits per heavy atom. The highest BCUT2D eigenvalue weighted by molar-refractivity contribution is 7.99. The molecule has 0 aliphatic carbocycles. The van der Waals surface area contributed by atoms with E-state index < -0.39 is 0 Å². The van der Waals surface area contributed by atoms with Crippen LogP contribution >= 0.6 is 23.4 Å². The summed E-state index contributed by atoms with van der Waals surface area (Å²) in [6.45, 7) is 4.36. The fourth-order valence-corrected chi connectivity index (χ4v) is 3.83. The number of amides is 1. The molecule has 1 amide bonds. The van der Waals surface area contributed by atoms with Gasteiger partial charge in [0, 0.05) is 10.6 Å². The molecule has 1 N–H and O–H groups in total. The highest BCUT2D eigenvalue weighted by atomic mass is 35.5. The van der Waals surface area contributed by atoms with Gasteiger partial charge in [0.15, 0.2) is 0 Å². The minimum atomic E-state index is -0.134. The van der Waals surface area contributed by atoms with E-state index in [1.54, 1.807) is 4.68 Å². The summed E-state index contributed by atoms with van der Waals surface area (Å²) in [6.07, 6.45) is 0. The lowest BCUT2D eigenvalue weighted by atomic mass is 10.1. The predicted molar refractivity (Wildman–Crippen MR) is 120 cm³/mol. The molecule has 7 nitrogen and oxygen atoms in total. The molecule has 2 aromatic carbocycles. The lowest BCUT2D eigenvalue weighted by Crippen LogP contribution is -2.24. The Balaban J connectivity index is 1.33. The average molecular weight is 454 g/mol. The second-order valence-electron chi connectivity index (χ2n) is 6.93. The van der Waals surface area contributed by atoms with Crippen LogP contribution in [0.3, 0.4) is 0 Å². The fourth-order valence-electron chi connectivity index (χ4n) is 2.99. The number of aryl methyl sites for hydroxylation is 1. The van der Waals surface area contributed by atoms with E-state index in [9.17, 15) is 4.79 Å². The second kappa shape index (κ2) is 9.36. The maximum absolute atomic E-state index is 12.3. The van der Waals surface area contributed by atoms with Crippen LogP contribution in [-0.4, -0.2) is 31.9 Å². The van der Waals surface area contributed by atoms with Gasteiger partial charge in [0.25, 0.3) is 0 Å². The van der Waals surface area contributed by atoms with E-state index in [4.69, 9.17) is 16.0 Å². The van der Waals surface area contributed by atoms with Crippen LogP contribution in [0, 0.1) is 13.8 Å². The van der Waals surface area contributed by atoms with E-state index in [-0.39, 0.29) is 11.7 Å². The van der Waals surface area contributed by atoms with Crippen molar-refractivity contribution in [3.63, 3.8) is 0 Å². The molecule has 0 spiro atoms. The number of benzene rings is 2. The van der Waals surface area contributed by atoms with Gasteiger partial charge in [-0.25, -0.2) is 0 Å².